The minimum atomic E-state index is -0.953. The Balaban J connectivity index is 2.32. The summed E-state index contributed by atoms with van der Waals surface area (Å²) >= 11 is 0. The Morgan fingerprint density at radius 3 is 2.88 bits per heavy atom. The highest BCUT2D eigenvalue weighted by Crippen LogP contribution is 2.30. The van der Waals surface area contributed by atoms with Crippen molar-refractivity contribution in [2.24, 2.45) is 0 Å². The minimum Gasteiger partial charge on any atom is -0.491 e. The van der Waals surface area contributed by atoms with Gasteiger partial charge in [0.1, 0.15) is 18.1 Å². The summed E-state index contributed by atoms with van der Waals surface area (Å²) in [5.74, 6) is 0.446. The summed E-state index contributed by atoms with van der Waals surface area (Å²) in [5.41, 5.74) is 0.992. The fraction of sp³-hybridized carbons (Fsp3) is 0.308. The summed E-state index contributed by atoms with van der Waals surface area (Å²) in [6.07, 6.45) is 1.70. The number of carboxylic acid groups (broad SMARTS) is 1. The van der Waals surface area contributed by atoms with Gasteiger partial charge in [-0.15, -0.1) is 0 Å². The molecular formula is C13H14O4. The van der Waals surface area contributed by atoms with Gasteiger partial charge in [-0.1, -0.05) is 0 Å². The maximum Gasteiger partial charge on any atom is 0.335 e. The van der Waals surface area contributed by atoms with Gasteiger partial charge in [-0.25, -0.2) is 4.79 Å². The molecule has 1 aromatic carbocycles. The molecule has 0 aliphatic carbocycles. The van der Waals surface area contributed by atoms with Crippen molar-refractivity contribution >= 4 is 12.0 Å². The molecule has 0 saturated heterocycles. The van der Waals surface area contributed by atoms with Gasteiger partial charge in [0.05, 0.1) is 11.7 Å². The first-order chi connectivity index (χ1) is 8.06. The van der Waals surface area contributed by atoms with Gasteiger partial charge in [0, 0.05) is 5.56 Å². The molecule has 0 aromatic heterocycles. The largest absolute Gasteiger partial charge is 0.491 e. The number of hydrogen-bond acceptors (Lipinski definition) is 3. The first-order valence-corrected chi connectivity index (χ1v) is 5.43. The van der Waals surface area contributed by atoms with Crippen LogP contribution in [0.3, 0.4) is 0 Å². The molecule has 17 heavy (non-hydrogen) atoms. The lowest BCUT2D eigenvalue weighted by Crippen LogP contribution is -2.14. The Labute approximate surface area is 99.5 Å². The van der Waals surface area contributed by atoms with Crippen LogP contribution in [0.4, 0.5) is 0 Å². The highest BCUT2D eigenvalue weighted by molar-refractivity contribution is 5.93. The molecule has 0 amide bonds. The Bertz CT molecular complexity index is 474. The third-order valence-corrected chi connectivity index (χ3v) is 2.34. The Kier molecular flexibility index (Phi) is 3.04. The second-order valence-corrected chi connectivity index (χ2v) is 4.13. The van der Waals surface area contributed by atoms with Gasteiger partial charge in [0.25, 0.3) is 0 Å². The summed E-state index contributed by atoms with van der Waals surface area (Å²) in [6.45, 7) is 3.98. The topological polar surface area (TPSA) is 55.8 Å². The number of benzene rings is 1. The zero-order chi connectivity index (χ0) is 12.4. The molecule has 1 heterocycles. The summed E-state index contributed by atoms with van der Waals surface area (Å²) in [6, 6.07) is 5.40. The zero-order valence-corrected chi connectivity index (χ0v) is 9.77. The van der Waals surface area contributed by atoms with E-state index in [9.17, 15) is 4.79 Å². The van der Waals surface area contributed by atoms with Crippen molar-refractivity contribution < 1.29 is 19.4 Å². The normalized spacial score (nSPS) is 13.7. The molecule has 0 unspecified atom stereocenters. The number of ether oxygens (including phenoxy) is 2. The van der Waals surface area contributed by atoms with Crippen LogP contribution < -0.4 is 9.47 Å². The Hall–Kier alpha value is -1.97. The maximum absolute atomic E-state index is 10.8. The lowest BCUT2D eigenvalue weighted by molar-refractivity contribution is -0.132. The van der Waals surface area contributed by atoms with E-state index in [-0.39, 0.29) is 18.3 Å². The number of fused-ring (bicyclic) bond motifs is 1. The van der Waals surface area contributed by atoms with Crippen LogP contribution in [0.1, 0.15) is 19.4 Å². The fourth-order valence-corrected chi connectivity index (χ4v) is 1.62. The van der Waals surface area contributed by atoms with Gasteiger partial charge >= 0.3 is 5.97 Å². The molecule has 0 fully saturated rings. The average molecular weight is 234 g/mol. The quantitative estimate of drug-likeness (QED) is 0.872. The summed E-state index contributed by atoms with van der Waals surface area (Å²) in [5, 5.41) is 8.90. The molecule has 90 valence electrons. The molecule has 0 bridgehead atoms. The van der Waals surface area contributed by atoms with Gasteiger partial charge in [0.15, 0.2) is 0 Å². The molecule has 1 aromatic rings. The molecule has 2 rings (SSSR count). The first-order valence-electron chi connectivity index (χ1n) is 5.43. The van der Waals surface area contributed by atoms with Crippen LogP contribution in [0.15, 0.2) is 23.8 Å². The van der Waals surface area contributed by atoms with E-state index >= 15 is 0 Å². The fourth-order valence-electron chi connectivity index (χ4n) is 1.62. The highest BCUT2D eigenvalue weighted by Gasteiger charge is 2.16. The van der Waals surface area contributed by atoms with Crippen molar-refractivity contribution in [2.45, 2.75) is 20.0 Å². The first kappa shape index (κ1) is 11.5. The molecule has 4 heteroatoms. The summed E-state index contributed by atoms with van der Waals surface area (Å²) in [4.78, 5) is 10.8. The predicted molar refractivity (Wildman–Crippen MR) is 63.3 cm³/mol. The monoisotopic (exact) mass is 234 g/mol. The predicted octanol–water partition coefficient (Wildman–Crippen LogP) is 2.33. The number of carbonyl (C=O) groups is 1. The van der Waals surface area contributed by atoms with E-state index in [1.165, 1.54) is 0 Å². The van der Waals surface area contributed by atoms with Crippen molar-refractivity contribution in [1.82, 2.24) is 0 Å². The molecule has 1 N–H and O–H groups in total. The standard InChI is InChI=1S/C13H14O4/c1-8(2)17-11-3-4-12-9(6-11)5-10(7-16-12)13(14)15/h3-6,8H,7H2,1-2H3,(H,14,15). The average Bonchev–Trinajstić information content (AvgIpc) is 2.27. The van der Waals surface area contributed by atoms with Crippen molar-refractivity contribution in [3.63, 3.8) is 0 Å². The third-order valence-electron chi connectivity index (χ3n) is 2.34. The molecule has 0 radical (unpaired) electrons. The van der Waals surface area contributed by atoms with E-state index in [2.05, 4.69) is 0 Å². The molecule has 0 spiro atoms. The van der Waals surface area contributed by atoms with Crippen LogP contribution in [-0.2, 0) is 4.79 Å². The smallest absolute Gasteiger partial charge is 0.335 e. The second-order valence-electron chi connectivity index (χ2n) is 4.13. The van der Waals surface area contributed by atoms with Crippen LogP contribution in [0, 0.1) is 0 Å². The number of aliphatic carboxylic acids is 1. The van der Waals surface area contributed by atoms with Crippen molar-refractivity contribution in [2.75, 3.05) is 6.61 Å². The second kappa shape index (κ2) is 4.49. The van der Waals surface area contributed by atoms with Crippen LogP contribution in [0.5, 0.6) is 11.5 Å². The van der Waals surface area contributed by atoms with E-state index in [0.717, 1.165) is 5.56 Å². The van der Waals surface area contributed by atoms with Crippen LogP contribution in [0.2, 0.25) is 0 Å². The zero-order valence-electron chi connectivity index (χ0n) is 9.77. The van der Waals surface area contributed by atoms with Gasteiger partial charge < -0.3 is 14.6 Å². The van der Waals surface area contributed by atoms with E-state index < -0.39 is 5.97 Å². The van der Waals surface area contributed by atoms with Gasteiger partial charge in [-0.05, 0) is 38.1 Å². The minimum absolute atomic E-state index is 0.0838. The lowest BCUT2D eigenvalue weighted by Gasteiger charge is -2.17. The molecular weight excluding hydrogens is 220 g/mol. The van der Waals surface area contributed by atoms with Gasteiger partial charge in [-0.2, -0.15) is 0 Å². The van der Waals surface area contributed by atoms with Gasteiger partial charge in [-0.3, -0.25) is 0 Å². The summed E-state index contributed by atoms with van der Waals surface area (Å²) in [7, 11) is 0. The van der Waals surface area contributed by atoms with E-state index in [1.54, 1.807) is 18.2 Å². The maximum atomic E-state index is 10.8. The van der Waals surface area contributed by atoms with Gasteiger partial charge in [0.2, 0.25) is 0 Å². The van der Waals surface area contributed by atoms with E-state index in [4.69, 9.17) is 14.6 Å². The van der Waals surface area contributed by atoms with Crippen molar-refractivity contribution in [3.05, 3.63) is 29.3 Å². The Morgan fingerprint density at radius 1 is 1.47 bits per heavy atom. The molecule has 0 atom stereocenters. The summed E-state index contributed by atoms with van der Waals surface area (Å²) < 4.78 is 10.9. The molecule has 1 aliphatic rings. The van der Waals surface area contributed by atoms with E-state index in [1.807, 2.05) is 19.9 Å². The highest BCUT2D eigenvalue weighted by atomic mass is 16.5. The number of carboxylic acids is 1. The number of rotatable bonds is 3. The van der Waals surface area contributed by atoms with Crippen molar-refractivity contribution in [3.8, 4) is 11.5 Å². The molecule has 4 nitrogen and oxygen atoms in total. The number of hydrogen-bond donors (Lipinski definition) is 1. The Morgan fingerprint density at radius 2 is 2.24 bits per heavy atom. The molecule has 0 saturated carbocycles. The lowest BCUT2D eigenvalue weighted by atomic mass is 10.1. The van der Waals surface area contributed by atoms with Crippen LogP contribution in [0.25, 0.3) is 6.08 Å². The third kappa shape index (κ3) is 2.58. The van der Waals surface area contributed by atoms with Crippen LogP contribution >= 0.6 is 0 Å². The van der Waals surface area contributed by atoms with Crippen molar-refractivity contribution in [1.29, 1.82) is 0 Å². The van der Waals surface area contributed by atoms with Crippen LogP contribution in [-0.4, -0.2) is 23.8 Å². The molecule has 1 aliphatic heterocycles. The van der Waals surface area contributed by atoms with E-state index in [0.29, 0.717) is 11.5 Å². The SMILES string of the molecule is CC(C)Oc1ccc2c(c1)C=C(C(=O)O)CO2.